The SMILES string of the molecule is CCC(CC)NCc1ncncc1C(=O)O. The summed E-state index contributed by atoms with van der Waals surface area (Å²) in [5.41, 5.74) is 0.704. The summed E-state index contributed by atoms with van der Waals surface area (Å²) in [7, 11) is 0. The van der Waals surface area contributed by atoms with Gasteiger partial charge in [0.2, 0.25) is 0 Å². The van der Waals surface area contributed by atoms with E-state index in [1.165, 1.54) is 12.5 Å². The lowest BCUT2D eigenvalue weighted by molar-refractivity contribution is 0.0694. The molecule has 0 saturated heterocycles. The maximum Gasteiger partial charge on any atom is 0.339 e. The molecule has 0 spiro atoms. The van der Waals surface area contributed by atoms with Gasteiger partial charge in [0.1, 0.15) is 11.9 Å². The van der Waals surface area contributed by atoms with Crippen molar-refractivity contribution in [2.45, 2.75) is 39.3 Å². The Balaban J connectivity index is 2.69. The lowest BCUT2D eigenvalue weighted by Gasteiger charge is -2.14. The molecule has 5 nitrogen and oxygen atoms in total. The van der Waals surface area contributed by atoms with Crippen LogP contribution < -0.4 is 5.32 Å². The molecule has 0 radical (unpaired) electrons. The Morgan fingerprint density at radius 1 is 1.50 bits per heavy atom. The second kappa shape index (κ2) is 6.17. The van der Waals surface area contributed by atoms with Gasteiger partial charge in [-0.15, -0.1) is 0 Å². The van der Waals surface area contributed by atoms with Gasteiger partial charge in [0.15, 0.2) is 0 Å². The zero-order valence-electron chi connectivity index (χ0n) is 9.60. The van der Waals surface area contributed by atoms with Crippen molar-refractivity contribution in [2.24, 2.45) is 0 Å². The summed E-state index contributed by atoms with van der Waals surface area (Å²) in [6.07, 6.45) is 4.74. The van der Waals surface area contributed by atoms with Crippen molar-refractivity contribution in [3.05, 3.63) is 23.8 Å². The van der Waals surface area contributed by atoms with Crippen LogP contribution in [0, 0.1) is 0 Å². The number of nitrogens with zero attached hydrogens (tertiary/aromatic N) is 2. The molecule has 0 fully saturated rings. The molecule has 0 aromatic carbocycles. The van der Waals surface area contributed by atoms with Crippen LogP contribution in [-0.4, -0.2) is 27.1 Å². The molecule has 5 heteroatoms. The van der Waals surface area contributed by atoms with Gasteiger partial charge in [-0.1, -0.05) is 13.8 Å². The molecule has 0 atom stereocenters. The van der Waals surface area contributed by atoms with Crippen LogP contribution in [0.15, 0.2) is 12.5 Å². The van der Waals surface area contributed by atoms with E-state index < -0.39 is 5.97 Å². The molecule has 0 aliphatic rings. The molecule has 1 rings (SSSR count). The van der Waals surface area contributed by atoms with E-state index in [2.05, 4.69) is 29.1 Å². The number of carboxylic acid groups (broad SMARTS) is 1. The highest BCUT2D eigenvalue weighted by Gasteiger charge is 2.12. The van der Waals surface area contributed by atoms with Gasteiger partial charge in [-0.2, -0.15) is 0 Å². The van der Waals surface area contributed by atoms with Gasteiger partial charge < -0.3 is 10.4 Å². The van der Waals surface area contributed by atoms with Crippen molar-refractivity contribution >= 4 is 5.97 Å². The Labute approximate surface area is 94.9 Å². The first-order chi connectivity index (χ1) is 7.69. The van der Waals surface area contributed by atoms with Crippen LogP contribution in [0.5, 0.6) is 0 Å². The molecule has 1 aromatic rings. The molecule has 0 saturated carbocycles. The van der Waals surface area contributed by atoms with E-state index in [0.29, 0.717) is 18.3 Å². The molecular formula is C11H17N3O2. The van der Waals surface area contributed by atoms with Crippen molar-refractivity contribution < 1.29 is 9.90 Å². The molecule has 0 bridgehead atoms. The molecule has 16 heavy (non-hydrogen) atoms. The Hall–Kier alpha value is -1.49. The average Bonchev–Trinajstić information content (AvgIpc) is 2.30. The van der Waals surface area contributed by atoms with Crippen molar-refractivity contribution in [1.82, 2.24) is 15.3 Å². The van der Waals surface area contributed by atoms with Crippen LogP contribution in [-0.2, 0) is 6.54 Å². The van der Waals surface area contributed by atoms with Crippen LogP contribution in [0.4, 0.5) is 0 Å². The minimum Gasteiger partial charge on any atom is -0.478 e. The number of nitrogens with one attached hydrogen (secondary N) is 1. The van der Waals surface area contributed by atoms with Crippen molar-refractivity contribution in [1.29, 1.82) is 0 Å². The zero-order valence-corrected chi connectivity index (χ0v) is 9.60. The first-order valence-corrected chi connectivity index (χ1v) is 5.44. The molecule has 0 aliphatic heterocycles. The summed E-state index contributed by atoms with van der Waals surface area (Å²) >= 11 is 0. The van der Waals surface area contributed by atoms with E-state index in [-0.39, 0.29) is 5.56 Å². The van der Waals surface area contributed by atoms with Crippen molar-refractivity contribution in [2.75, 3.05) is 0 Å². The first-order valence-electron chi connectivity index (χ1n) is 5.44. The van der Waals surface area contributed by atoms with Crippen LogP contribution in [0.3, 0.4) is 0 Å². The van der Waals surface area contributed by atoms with Crippen molar-refractivity contribution in [3.8, 4) is 0 Å². The van der Waals surface area contributed by atoms with E-state index in [1.807, 2.05) is 0 Å². The molecule has 2 N–H and O–H groups in total. The molecule has 0 unspecified atom stereocenters. The number of carbonyl (C=O) groups is 1. The minimum absolute atomic E-state index is 0.168. The molecule has 1 heterocycles. The Kier molecular flexibility index (Phi) is 4.85. The third kappa shape index (κ3) is 3.27. The normalized spacial score (nSPS) is 10.7. The van der Waals surface area contributed by atoms with Gasteiger partial charge in [-0.25, -0.2) is 14.8 Å². The number of rotatable bonds is 6. The fourth-order valence-corrected chi connectivity index (χ4v) is 1.49. The van der Waals surface area contributed by atoms with Gasteiger partial charge in [0.25, 0.3) is 0 Å². The predicted molar refractivity (Wildman–Crippen MR) is 60.2 cm³/mol. The summed E-state index contributed by atoms with van der Waals surface area (Å²) in [5.74, 6) is -0.984. The van der Waals surface area contributed by atoms with E-state index in [1.54, 1.807) is 0 Å². The molecule has 0 amide bonds. The molecule has 88 valence electrons. The Bertz CT molecular complexity index is 351. The van der Waals surface area contributed by atoms with Crippen molar-refractivity contribution in [3.63, 3.8) is 0 Å². The van der Waals surface area contributed by atoms with E-state index in [0.717, 1.165) is 12.8 Å². The van der Waals surface area contributed by atoms with Gasteiger partial charge in [-0.3, -0.25) is 0 Å². The highest BCUT2D eigenvalue weighted by molar-refractivity contribution is 5.88. The second-order valence-corrected chi connectivity index (χ2v) is 3.58. The van der Waals surface area contributed by atoms with E-state index in [9.17, 15) is 4.79 Å². The topological polar surface area (TPSA) is 75.1 Å². The number of aromatic carboxylic acids is 1. The van der Waals surface area contributed by atoms with Gasteiger partial charge in [0, 0.05) is 18.8 Å². The van der Waals surface area contributed by atoms with Crippen LogP contribution in [0.2, 0.25) is 0 Å². The fourth-order valence-electron chi connectivity index (χ4n) is 1.49. The van der Waals surface area contributed by atoms with Gasteiger partial charge >= 0.3 is 5.97 Å². The van der Waals surface area contributed by atoms with E-state index in [4.69, 9.17) is 5.11 Å². The third-order valence-electron chi connectivity index (χ3n) is 2.57. The number of hydrogen-bond donors (Lipinski definition) is 2. The first kappa shape index (κ1) is 12.6. The lowest BCUT2D eigenvalue weighted by Crippen LogP contribution is -2.28. The van der Waals surface area contributed by atoms with Crippen LogP contribution in [0.1, 0.15) is 42.7 Å². The summed E-state index contributed by atoms with van der Waals surface area (Å²) in [5, 5.41) is 12.2. The van der Waals surface area contributed by atoms with Gasteiger partial charge in [-0.05, 0) is 12.8 Å². The number of aromatic nitrogens is 2. The summed E-state index contributed by atoms with van der Waals surface area (Å²) in [6, 6.07) is 0.400. The number of carboxylic acids is 1. The summed E-state index contributed by atoms with van der Waals surface area (Å²) < 4.78 is 0. The summed E-state index contributed by atoms with van der Waals surface area (Å²) in [4.78, 5) is 18.6. The van der Waals surface area contributed by atoms with Crippen LogP contribution >= 0.6 is 0 Å². The monoisotopic (exact) mass is 223 g/mol. The Morgan fingerprint density at radius 3 is 2.75 bits per heavy atom. The molecular weight excluding hydrogens is 206 g/mol. The quantitative estimate of drug-likeness (QED) is 0.763. The molecule has 0 aliphatic carbocycles. The highest BCUT2D eigenvalue weighted by atomic mass is 16.4. The molecule has 1 aromatic heterocycles. The lowest BCUT2D eigenvalue weighted by atomic mass is 10.1. The predicted octanol–water partition coefficient (Wildman–Crippen LogP) is 1.45. The van der Waals surface area contributed by atoms with Crippen LogP contribution in [0.25, 0.3) is 0 Å². The Morgan fingerprint density at radius 2 is 2.19 bits per heavy atom. The standard InChI is InChI=1S/C11H17N3O2/c1-3-8(4-2)13-6-10-9(11(15)16)5-12-7-14-10/h5,7-8,13H,3-4,6H2,1-2H3,(H,15,16). The van der Waals surface area contributed by atoms with E-state index >= 15 is 0 Å². The highest BCUT2D eigenvalue weighted by Crippen LogP contribution is 2.05. The zero-order chi connectivity index (χ0) is 12.0. The third-order valence-corrected chi connectivity index (χ3v) is 2.57. The fraction of sp³-hybridized carbons (Fsp3) is 0.545. The largest absolute Gasteiger partial charge is 0.478 e. The maximum atomic E-state index is 10.9. The smallest absolute Gasteiger partial charge is 0.339 e. The summed E-state index contributed by atoms with van der Waals surface area (Å²) in [6.45, 7) is 4.66. The average molecular weight is 223 g/mol. The van der Waals surface area contributed by atoms with Gasteiger partial charge in [0.05, 0.1) is 5.69 Å². The number of hydrogen-bond acceptors (Lipinski definition) is 4. The minimum atomic E-state index is -0.984. The maximum absolute atomic E-state index is 10.9. The second-order valence-electron chi connectivity index (χ2n) is 3.58.